The van der Waals surface area contributed by atoms with Crippen LogP contribution in [0.3, 0.4) is 0 Å². The predicted octanol–water partition coefficient (Wildman–Crippen LogP) is 23.8. The molecular formula is C83H148O16P2. The molecular weight excluding hydrogens is 1310 g/mol. The molecule has 0 fully saturated rings. The molecule has 5 unspecified atom stereocenters. The number of allylic oxidation sites excluding steroid dienone is 16. The quantitative estimate of drug-likeness (QED) is 0.0146. The first-order chi connectivity index (χ1) is 49.2. The standard InChI is InChI=1S/C83H148O16P2/c1-4-7-10-13-16-19-22-25-28-30-32-33-34-35-36-37-38-39-40-41-42-43-45-47-49-51-54-57-60-63-66-69-81(86)93-72-78(84)73-95-100(89,90)96-74-79(85)75-97-101(91,92)98-77-80(99-83(88)71-68-65-62-59-56-53-48-27-24-21-18-15-12-9-6-3)76-94-82(87)70-67-64-61-58-55-52-50-46-44-31-29-26-23-20-17-14-11-8-5-2/h8,11,16-17,19-20,25-26,28-29,32-33,35-36,44,46,78-80,84-85H,4-7,9-10,12-15,18,21-24,27,30-31,34,37-43,45,47-77H2,1-3H3,(H,89,90)(H,91,92)/b11-8-,19-16-,20-17-,28-25-,29-26-,33-32-,36-35-,46-44-. The molecule has 0 aromatic heterocycles. The van der Waals surface area contributed by atoms with Gasteiger partial charge >= 0.3 is 33.6 Å². The van der Waals surface area contributed by atoms with Crippen LogP contribution in [0.5, 0.6) is 0 Å². The lowest BCUT2D eigenvalue weighted by atomic mass is 10.0. The van der Waals surface area contributed by atoms with Crippen LogP contribution in [0.4, 0.5) is 0 Å². The average Bonchev–Trinajstić information content (AvgIpc) is 1.14. The Bertz CT molecular complexity index is 2220. The van der Waals surface area contributed by atoms with E-state index in [0.717, 1.165) is 128 Å². The van der Waals surface area contributed by atoms with Crippen molar-refractivity contribution in [2.45, 2.75) is 373 Å². The molecule has 0 saturated heterocycles. The molecule has 0 aliphatic rings. The topological polar surface area (TPSA) is 231 Å². The molecule has 0 bridgehead atoms. The minimum absolute atomic E-state index is 0.105. The van der Waals surface area contributed by atoms with Crippen molar-refractivity contribution in [2.24, 2.45) is 0 Å². The zero-order valence-electron chi connectivity index (χ0n) is 64.1. The van der Waals surface area contributed by atoms with Gasteiger partial charge in [-0.1, -0.05) is 330 Å². The number of phosphoric ester groups is 2. The van der Waals surface area contributed by atoms with Crippen molar-refractivity contribution in [3.05, 3.63) is 97.2 Å². The number of ether oxygens (including phenoxy) is 3. The highest BCUT2D eigenvalue weighted by molar-refractivity contribution is 7.47. The monoisotopic (exact) mass is 1460 g/mol. The zero-order valence-corrected chi connectivity index (χ0v) is 65.9. The highest BCUT2D eigenvalue weighted by atomic mass is 31.2. The third-order valence-electron chi connectivity index (χ3n) is 17.3. The number of hydrogen-bond donors (Lipinski definition) is 4. The van der Waals surface area contributed by atoms with Crippen LogP contribution in [0, 0.1) is 0 Å². The number of esters is 3. The van der Waals surface area contributed by atoms with Gasteiger partial charge in [-0.05, 0) is 103 Å². The van der Waals surface area contributed by atoms with E-state index in [1.807, 2.05) is 0 Å². The molecule has 0 radical (unpaired) electrons. The summed E-state index contributed by atoms with van der Waals surface area (Å²) >= 11 is 0. The fraction of sp³-hybridized carbons (Fsp3) is 0.771. The molecule has 16 nitrogen and oxygen atoms in total. The summed E-state index contributed by atoms with van der Waals surface area (Å²) in [5.74, 6) is -1.57. The van der Waals surface area contributed by atoms with Crippen LogP contribution >= 0.6 is 15.6 Å². The minimum Gasteiger partial charge on any atom is -0.463 e. The van der Waals surface area contributed by atoms with Gasteiger partial charge in [-0.25, -0.2) is 9.13 Å². The average molecular weight is 1460 g/mol. The SMILES string of the molecule is CC/C=C\C/C=C\C/C=C\C/C=C\CCCCCCCCC(=O)OCC(COP(=O)(O)OCC(O)COP(=O)(O)OCC(O)COC(=O)CCCCCCCCCCCCCCCCC/C=C\C/C=C\C/C=C\C/C=C\CCCCC)OC(=O)CCCCCCCCCCCCCCCCC. The lowest BCUT2D eigenvalue weighted by Crippen LogP contribution is -2.30. The van der Waals surface area contributed by atoms with Gasteiger partial charge in [0.2, 0.25) is 0 Å². The van der Waals surface area contributed by atoms with Gasteiger partial charge in [0.1, 0.15) is 25.4 Å². The van der Waals surface area contributed by atoms with Gasteiger partial charge in [0, 0.05) is 19.3 Å². The summed E-state index contributed by atoms with van der Waals surface area (Å²) in [6.45, 7) is 2.57. The Hall–Kier alpha value is -3.53. The molecule has 0 aromatic rings. The summed E-state index contributed by atoms with van der Waals surface area (Å²) in [5, 5.41) is 20.6. The van der Waals surface area contributed by atoms with Gasteiger partial charge in [0.15, 0.2) is 6.10 Å². The van der Waals surface area contributed by atoms with Gasteiger partial charge < -0.3 is 34.2 Å². The maximum absolute atomic E-state index is 13.0. The molecule has 0 aliphatic heterocycles. The Labute approximate surface area is 616 Å². The largest absolute Gasteiger partial charge is 0.472 e. The molecule has 0 aromatic carbocycles. The van der Waals surface area contributed by atoms with Crippen LogP contribution in [0.2, 0.25) is 0 Å². The van der Waals surface area contributed by atoms with E-state index in [9.17, 15) is 43.5 Å². The summed E-state index contributed by atoms with van der Waals surface area (Å²) in [5.41, 5.74) is 0. The normalized spacial score (nSPS) is 14.5. The zero-order chi connectivity index (χ0) is 73.7. The summed E-state index contributed by atoms with van der Waals surface area (Å²) in [6.07, 6.45) is 87.4. The molecule has 101 heavy (non-hydrogen) atoms. The van der Waals surface area contributed by atoms with Crippen LogP contribution in [0.15, 0.2) is 97.2 Å². The molecule has 4 N–H and O–H groups in total. The molecule has 0 saturated carbocycles. The number of hydrogen-bond acceptors (Lipinski definition) is 14. The fourth-order valence-corrected chi connectivity index (χ4v) is 12.7. The maximum atomic E-state index is 13.0. The summed E-state index contributed by atoms with van der Waals surface area (Å²) in [4.78, 5) is 58.6. The van der Waals surface area contributed by atoms with Gasteiger partial charge in [-0.2, -0.15) is 0 Å². The first kappa shape index (κ1) is 97.5. The van der Waals surface area contributed by atoms with Gasteiger partial charge in [-0.15, -0.1) is 0 Å². The van der Waals surface area contributed by atoms with Crippen molar-refractivity contribution >= 4 is 33.6 Å². The molecule has 0 amide bonds. The lowest BCUT2D eigenvalue weighted by Gasteiger charge is -2.21. The van der Waals surface area contributed by atoms with Gasteiger partial charge in [0.25, 0.3) is 0 Å². The number of aliphatic hydroxyl groups excluding tert-OH is 2. The van der Waals surface area contributed by atoms with Crippen LogP contribution in [-0.4, -0.2) is 95.9 Å². The van der Waals surface area contributed by atoms with E-state index in [2.05, 4.69) is 118 Å². The van der Waals surface area contributed by atoms with Crippen molar-refractivity contribution in [2.75, 3.05) is 39.6 Å². The van der Waals surface area contributed by atoms with E-state index in [0.29, 0.717) is 19.3 Å². The second-order valence-electron chi connectivity index (χ2n) is 27.2. The summed E-state index contributed by atoms with van der Waals surface area (Å²) in [6, 6.07) is 0. The predicted molar refractivity (Wildman–Crippen MR) is 417 cm³/mol. The third-order valence-corrected chi connectivity index (χ3v) is 19.2. The fourth-order valence-electron chi connectivity index (χ4n) is 11.1. The van der Waals surface area contributed by atoms with E-state index < -0.39 is 91.5 Å². The van der Waals surface area contributed by atoms with Crippen LogP contribution < -0.4 is 0 Å². The van der Waals surface area contributed by atoms with Crippen LogP contribution in [0.1, 0.15) is 355 Å². The van der Waals surface area contributed by atoms with Crippen molar-refractivity contribution in [1.82, 2.24) is 0 Å². The van der Waals surface area contributed by atoms with Crippen molar-refractivity contribution < 1.29 is 75.8 Å². The Morgan fingerprint density at radius 1 is 0.287 bits per heavy atom. The van der Waals surface area contributed by atoms with Crippen LogP contribution in [-0.2, 0) is 55.8 Å². The second kappa shape index (κ2) is 76.1. The molecule has 0 aliphatic carbocycles. The number of rotatable bonds is 77. The highest BCUT2D eigenvalue weighted by Crippen LogP contribution is 2.45. The van der Waals surface area contributed by atoms with E-state index in [4.69, 9.17) is 32.3 Å². The smallest absolute Gasteiger partial charge is 0.463 e. The Kier molecular flexibility index (Phi) is 73.5. The van der Waals surface area contributed by atoms with E-state index >= 15 is 0 Å². The summed E-state index contributed by atoms with van der Waals surface area (Å²) < 4.78 is 61.2. The second-order valence-corrected chi connectivity index (χ2v) is 30.1. The maximum Gasteiger partial charge on any atom is 0.472 e. The first-order valence-electron chi connectivity index (χ1n) is 40.5. The first-order valence-corrected chi connectivity index (χ1v) is 43.5. The van der Waals surface area contributed by atoms with Gasteiger partial charge in [0.05, 0.1) is 26.4 Å². The highest BCUT2D eigenvalue weighted by Gasteiger charge is 2.29. The van der Waals surface area contributed by atoms with E-state index in [-0.39, 0.29) is 19.3 Å². The Morgan fingerprint density at radius 2 is 0.525 bits per heavy atom. The van der Waals surface area contributed by atoms with E-state index in [1.54, 1.807) is 0 Å². The number of carbonyl (C=O) groups excluding carboxylic acids is 3. The van der Waals surface area contributed by atoms with Crippen molar-refractivity contribution in [3.63, 3.8) is 0 Å². The molecule has 0 spiro atoms. The Morgan fingerprint density at radius 3 is 0.851 bits per heavy atom. The van der Waals surface area contributed by atoms with Gasteiger partial charge in [-0.3, -0.25) is 32.5 Å². The number of aliphatic hydroxyl groups is 2. The Balaban J connectivity index is 4.46. The summed E-state index contributed by atoms with van der Waals surface area (Å²) in [7, 11) is -9.78. The molecule has 18 heteroatoms. The molecule has 0 rings (SSSR count). The molecule has 5 atom stereocenters. The number of unbranched alkanes of at least 4 members (excludes halogenated alkanes) is 38. The number of phosphoric acid groups is 2. The van der Waals surface area contributed by atoms with Crippen molar-refractivity contribution in [1.29, 1.82) is 0 Å². The minimum atomic E-state index is -4.93. The third kappa shape index (κ3) is 77.4. The van der Waals surface area contributed by atoms with Crippen molar-refractivity contribution in [3.8, 4) is 0 Å². The van der Waals surface area contributed by atoms with Crippen LogP contribution in [0.25, 0.3) is 0 Å². The number of carbonyl (C=O) groups is 3. The molecule has 586 valence electrons. The molecule has 0 heterocycles. The van der Waals surface area contributed by atoms with E-state index in [1.165, 1.54) is 167 Å². The lowest BCUT2D eigenvalue weighted by molar-refractivity contribution is -0.161.